The normalized spacial score (nSPS) is 10.3. The van der Waals surface area contributed by atoms with Gasteiger partial charge in [0.2, 0.25) is 0 Å². The predicted octanol–water partition coefficient (Wildman–Crippen LogP) is 0.524. The molecule has 7 nitrogen and oxygen atoms in total. The molecule has 19 heavy (non-hydrogen) atoms. The number of aromatic nitrogens is 4. The van der Waals surface area contributed by atoms with Crippen LogP contribution in [-0.2, 0) is 13.6 Å². The first kappa shape index (κ1) is 13.0. The Balaban J connectivity index is 2.07. The number of nitrogens with zero attached hydrogens (tertiary/aromatic N) is 5. The molecule has 0 radical (unpaired) electrons. The third-order valence-electron chi connectivity index (χ3n) is 2.64. The van der Waals surface area contributed by atoms with Crippen LogP contribution in [0, 0.1) is 0 Å². The number of rotatable bonds is 4. The van der Waals surface area contributed by atoms with Crippen molar-refractivity contribution in [3.05, 3.63) is 36.2 Å². The second-order valence-electron chi connectivity index (χ2n) is 4.34. The zero-order valence-corrected chi connectivity index (χ0v) is 11.2. The highest BCUT2D eigenvalue weighted by molar-refractivity contribution is 5.92. The van der Waals surface area contributed by atoms with Crippen molar-refractivity contribution in [3.63, 3.8) is 0 Å². The van der Waals surface area contributed by atoms with Gasteiger partial charge in [0.05, 0.1) is 6.54 Å². The highest BCUT2D eigenvalue weighted by Gasteiger charge is 2.10. The van der Waals surface area contributed by atoms with Gasteiger partial charge in [-0.1, -0.05) is 0 Å². The predicted molar refractivity (Wildman–Crippen MR) is 70.6 cm³/mol. The molecule has 0 bridgehead atoms. The summed E-state index contributed by atoms with van der Waals surface area (Å²) in [4.78, 5) is 17.3. The number of carbonyl (C=O) groups is 1. The molecule has 1 amide bonds. The van der Waals surface area contributed by atoms with E-state index < -0.39 is 0 Å². The minimum Gasteiger partial charge on any atom is -0.378 e. The number of amides is 1. The van der Waals surface area contributed by atoms with E-state index in [2.05, 4.69) is 20.5 Å². The SMILES string of the molecule is CN(C)C(=O)c1cc(NCc2nncn2C)ccn1. The first-order chi connectivity index (χ1) is 9.08. The van der Waals surface area contributed by atoms with Crippen LogP contribution in [0.3, 0.4) is 0 Å². The molecule has 1 N–H and O–H groups in total. The van der Waals surface area contributed by atoms with Crippen molar-refractivity contribution in [2.75, 3.05) is 19.4 Å². The van der Waals surface area contributed by atoms with Crippen LogP contribution >= 0.6 is 0 Å². The van der Waals surface area contributed by atoms with Crippen LogP contribution in [-0.4, -0.2) is 44.7 Å². The highest BCUT2D eigenvalue weighted by Crippen LogP contribution is 2.10. The maximum atomic E-state index is 11.8. The number of carbonyl (C=O) groups excluding carboxylic acids is 1. The maximum absolute atomic E-state index is 11.8. The molecule has 2 aromatic heterocycles. The Bertz CT molecular complexity index is 577. The Hall–Kier alpha value is -2.44. The van der Waals surface area contributed by atoms with Crippen LogP contribution in [0.25, 0.3) is 0 Å². The van der Waals surface area contributed by atoms with Crippen molar-refractivity contribution >= 4 is 11.6 Å². The second kappa shape index (κ2) is 5.47. The molecule has 0 unspecified atom stereocenters. The second-order valence-corrected chi connectivity index (χ2v) is 4.34. The van der Waals surface area contributed by atoms with Crippen molar-refractivity contribution in [2.45, 2.75) is 6.54 Å². The van der Waals surface area contributed by atoms with Gasteiger partial charge < -0.3 is 14.8 Å². The molecule has 0 atom stereocenters. The van der Waals surface area contributed by atoms with Crippen LogP contribution in [0.2, 0.25) is 0 Å². The zero-order valence-electron chi connectivity index (χ0n) is 11.2. The van der Waals surface area contributed by atoms with Crippen LogP contribution in [0.1, 0.15) is 16.3 Å². The van der Waals surface area contributed by atoms with Crippen molar-refractivity contribution in [3.8, 4) is 0 Å². The van der Waals surface area contributed by atoms with Gasteiger partial charge in [0.15, 0.2) is 5.82 Å². The summed E-state index contributed by atoms with van der Waals surface area (Å²) in [5.41, 5.74) is 1.23. The van der Waals surface area contributed by atoms with Gasteiger partial charge in [-0.15, -0.1) is 10.2 Å². The van der Waals surface area contributed by atoms with E-state index in [0.717, 1.165) is 11.5 Å². The zero-order chi connectivity index (χ0) is 13.8. The Morgan fingerprint density at radius 2 is 2.26 bits per heavy atom. The Morgan fingerprint density at radius 3 is 2.89 bits per heavy atom. The lowest BCUT2D eigenvalue weighted by Crippen LogP contribution is -2.22. The van der Waals surface area contributed by atoms with Crippen LogP contribution in [0.4, 0.5) is 5.69 Å². The number of anilines is 1. The largest absolute Gasteiger partial charge is 0.378 e. The molecule has 0 aliphatic rings. The molecule has 0 spiro atoms. The van der Waals surface area contributed by atoms with E-state index in [1.54, 1.807) is 32.7 Å². The van der Waals surface area contributed by atoms with E-state index in [4.69, 9.17) is 0 Å². The lowest BCUT2D eigenvalue weighted by molar-refractivity contribution is 0.0822. The number of pyridine rings is 1. The van der Waals surface area contributed by atoms with E-state index in [-0.39, 0.29) is 5.91 Å². The van der Waals surface area contributed by atoms with E-state index in [0.29, 0.717) is 12.2 Å². The number of nitrogens with one attached hydrogen (secondary N) is 1. The Morgan fingerprint density at radius 1 is 1.47 bits per heavy atom. The van der Waals surface area contributed by atoms with Crippen LogP contribution in [0.5, 0.6) is 0 Å². The van der Waals surface area contributed by atoms with Gasteiger partial charge >= 0.3 is 0 Å². The van der Waals surface area contributed by atoms with Gasteiger partial charge in [-0.25, -0.2) is 0 Å². The van der Waals surface area contributed by atoms with E-state index in [1.165, 1.54) is 4.90 Å². The summed E-state index contributed by atoms with van der Waals surface area (Å²) in [6.45, 7) is 0.538. The summed E-state index contributed by atoms with van der Waals surface area (Å²) in [5, 5.41) is 11.0. The van der Waals surface area contributed by atoms with Crippen LogP contribution < -0.4 is 5.32 Å². The highest BCUT2D eigenvalue weighted by atomic mass is 16.2. The Kier molecular flexibility index (Phi) is 3.74. The standard InChI is InChI=1S/C12H16N6O/c1-17(2)12(19)10-6-9(4-5-13-10)14-7-11-16-15-8-18(11)3/h4-6,8H,7H2,1-3H3,(H,13,14). The number of hydrogen-bond acceptors (Lipinski definition) is 5. The van der Waals surface area contributed by atoms with Crippen molar-refractivity contribution < 1.29 is 4.79 Å². The molecule has 2 heterocycles. The first-order valence-electron chi connectivity index (χ1n) is 5.82. The van der Waals surface area contributed by atoms with Gasteiger partial charge in [-0.05, 0) is 12.1 Å². The molecular formula is C12H16N6O. The first-order valence-corrected chi connectivity index (χ1v) is 5.82. The fourth-order valence-corrected chi connectivity index (χ4v) is 1.53. The van der Waals surface area contributed by atoms with Crippen molar-refractivity contribution in [2.24, 2.45) is 7.05 Å². The van der Waals surface area contributed by atoms with Crippen molar-refractivity contribution in [1.29, 1.82) is 0 Å². The lowest BCUT2D eigenvalue weighted by Gasteiger charge is -2.11. The van der Waals surface area contributed by atoms with Gasteiger partial charge in [-0.3, -0.25) is 9.78 Å². The molecule has 7 heteroatoms. The fourth-order valence-electron chi connectivity index (χ4n) is 1.53. The van der Waals surface area contributed by atoms with Gasteiger partial charge in [0.1, 0.15) is 12.0 Å². The molecule has 2 aromatic rings. The van der Waals surface area contributed by atoms with Gasteiger partial charge in [0.25, 0.3) is 5.91 Å². The maximum Gasteiger partial charge on any atom is 0.272 e. The molecule has 0 saturated heterocycles. The van der Waals surface area contributed by atoms with E-state index in [1.807, 2.05) is 17.7 Å². The smallest absolute Gasteiger partial charge is 0.272 e. The molecule has 0 aliphatic heterocycles. The third-order valence-corrected chi connectivity index (χ3v) is 2.64. The Labute approximate surface area is 111 Å². The van der Waals surface area contributed by atoms with Crippen LogP contribution in [0.15, 0.2) is 24.7 Å². The van der Waals surface area contributed by atoms with Crippen molar-refractivity contribution in [1.82, 2.24) is 24.6 Å². The minimum atomic E-state index is -0.123. The quantitative estimate of drug-likeness (QED) is 0.867. The summed E-state index contributed by atoms with van der Waals surface area (Å²) in [5.74, 6) is 0.694. The molecule has 0 saturated carbocycles. The molecule has 0 aliphatic carbocycles. The summed E-state index contributed by atoms with van der Waals surface area (Å²) in [6.07, 6.45) is 3.25. The minimum absolute atomic E-state index is 0.123. The average molecular weight is 260 g/mol. The van der Waals surface area contributed by atoms with Gasteiger partial charge in [0, 0.05) is 33.0 Å². The number of hydrogen-bond donors (Lipinski definition) is 1. The lowest BCUT2D eigenvalue weighted by atomic mass is 10.3. The summed E-state index contributed by atoms with van der Waals surface area (Å²) in [6, 6.07) is 3.53. The molecular weight excluding hydrogens is 244 g/mol. The summed E-state index contributed by atoms with van der Waals surface area (Å²) >= 11 is 0. The van der Waals surface area contributed by atoms with E-state index >= 15 is 0 Å². The topological polar surface area (TPSA) is 75.9 Å². The summed E-state index contributed by atoms with van der Waals surface area (Å²) < 4.78 is 1.83. The summed E-state index contributed by atoms with van der Waals surface area (Å²) in [7, 11) is 5.28. The molecule has 2 rings (SSSR count). The third kappa shape index (κ3) is 3.06. The fraction of sp³-hybridized carbons (Fsp3) is 0.333. The van der Waals surface area contributed by atoms with Gasteiger partial charge in [-0.2, -0.15) is 0 Å². The monoisotopic (exact) mass is 260 g/mol. The van der Waals surface area contributed by atoms with E-state index in [9.17, 15) is 4.79 Å². The number of aryl methyl sites for hydroxylation is 1. The molecule has 0 fully saturated rings. The molecule has 100 valence electrons. The average Bonchev–Trinajstić information content (AvgIpc) is 2.81. The molecule has 0 aromatic carbocycles.